The average Bonchev–Trinajstić information content (AvgIpc) is 3.62. The molecule has 0 radical (unpaired) electrons. The van der Waals surface area contributed by atoms with Gasteiger partial charge in [0.1, 0.15) is 5.76 Å². The maximum atomic E-state index is 13.8. The lowest BCUT2D eigenvalue weighted by Gasteiger charge is -2.22. The number of aromatic nitrogens is 1. The molecule has 4 aromatic carbocycles. The van der Waals surface area contributed by atoms with E-state index in [1.807, 2.05) is 0 Å². The molecule has 1 aromatic heterocycles. The highest BCUT2D eigenvalue weighted by molar-refractivity contribution is 6.45. The van der Waals surface area contributed by atoms with Crippen LogP contribution in [0.25, 0.3) is 27.7 Å². The second kappa shape index (κ2) is 11.4. The number of rotatable bonds is 3. The molecule has 7 rings (SSSR count). The second-order valence-corrected chi connectivity index (χ2v) is 11.8. The maximum absolute atomic E-state index is 13.8. The van der Waals surface area contributed by atoms with Crippen molar-refractivity contribution in [2.24, 2.45) is 0 Å². The summed E-state index contributed by atoms with van der Waals surface area (Å²) in [5, 5.41) is 11.5. The van der Waals surface area contributed by atoms with Crippen molar-refractivity contribution >= 4 is 45.4 Å². The number of carbonyl (C=O) groups excluding carboxylic acids is 1. The van der Waals surface area contributed by atoms with E-state index in [9.17, 15) is 62.6 Å². The normalized spacial score (nSPS) is 16.8. The van der Waals surface area contributed by atoms with Gasteiger partial charge in [0.25, 0.3) is 0 Å². The van der Waals surface area contributed by atoms with Crippen molar-refractivity contribution in [3.05, 3.63) is 136 Å². The van der Waals surface area contributed by atoms with Gasteiger partial charge in [0.05, 0.1) is 50.1 Å². The Morgan fingerprint density at radius 2 is 1.08 bits per heavy atom. The van der Waals surface area contributed by atoms with Crippen LogP contribution < -0.4 is 4.58 Å². The Morgan fingerprint density at radius 3 is 1.62 bits per heavy atom. The van der Waals surface area contributed by atoms with Crippen molar-refractivity contribution < 1.29 is 62.6 Å². The number of benzene rings is 4. The van der Waals surface area contributed by atoms with Gasteiger partial charge in [-0.3, -0.25) is 4.79 Å². The number of hydrogen-bond acceptors (Lipinski definition) is 2. The summed E-state index contributed by atoms with van der Waals surface area (Å²) in [6.45, 7) is 0. The van der Waals surface area contributed by atoms with E-state index in [4.69, 9.17) is 0 Å². The van der Waals surface area contributed by atoms with Gasteiger partial charge >= 0.3 is 24.7 Å². The molecule has 0 unspecified atom stereocenters. The van der Waals surface area contributed by atoms with Crippen molar-refractivity contribution in [3.8, 4) is 5.69 Å². The molecule has 2 heterocycles. The van der Waals surface area contributed by atoms with Crippen molar-refractivity contribution in [2.45, 2.75) is 24.7 Å². The fraction of sp³-hybridized carbons (Fsp3) is 0.111. The molecule has 5 aromatic rings. The molecular formula is C36H17F12N2O2+. The molecule has 266 valence electrons. The number of nitrogens with zero attached hydrogens (tertiary/aromatic N) is 2. The molecule has 0 spiro atoms. The van der Waals surface area contributed by atoms with Gasteiger partial charge in [-0.25, -0.2) is 0 Å². The van der Waals surface area contributed by atoms with Crippen LogP contribution in [0.3, 0.4) is 0 Å². The van der Waals surface area contributed by atoms with Gasteiger partial charge in [-0.1, -0.05) is 30.3 Å². The fourth-order valence-electron chi connectivity index (χ4n) is 6.24. The van der Waals surface area contributed by atoms with E-state index in [2.05, 4.69) is 0 Å². The number of aliphatic hydroxyl groups is 1. The summed E-state index contributed by atoms with van der Waals surface area (Å²) in [4.78, 5) is 13.8. The van der Waals surface area contributed by atoms with Crippen LogP contribution in [0, 0.1) is 0 Å². The summed E-state index contributed by atoms with van der Waals surface area (Å²) in [5.41, 5.74) is -8.02. The number of hydrogen-bond donors (Lipinski definition) is 1. The Bertz CT molecular complexity index is 2370. The molecule has 4 nitrogen and oxygen atoms in total. The number of aliphatic hydroxyl groups excluding tert-OH is 1. The van der Waals surface area contributed by atoms with Gasteiger partial charge in [-0.05, 0) is 36.4 Å². The van der Waals surface area contributed by atoms with E-state index in [0.717, 1.165) is 21.6 Å². The van der Waals surface area contributed by atoms with Crippen LogP contribution in [0.15, 0.2) is 102 Å². The average molecular weight is 738 g/mol. The molecule has 52 heavy (non-hydrogen) atoms. The predicted octanol–water partition coefficient (Wildman–Crippen LogP) is 10.9. The van der Waals surface area contributed by atoms with E-state index in [-0.39, 0.29) is 56.6 Å². The summed E-state index contributed by atoms with van der Waals surface area (Å²) in [7, 11) is 0. The summed E-state index contributed by atoms with van der Waals surface area (Å²) in [5.74, 6) is -1.53. The van der Waals surface area contributed by atoms with Gasteiger partial charge in [-0.15, -0.1) is 0 Å². The Hall–Kier alpha value is -5.80. The first-order chi connectivity index (χ1) is 24.1. The molecule has 2 aliphatic rings. The Kier molecular flexibility index (Phi) is 7.56. The predicted molar refractivity (Wildman–Crippen MR) is 165 cm³/mol. The first-order valence-corrected chi connectivity index (χ1v) is 14.8. The first-order valence-electron chi connectivity index (χ1n) is 14.8. The van der Waals surface area contributed by atoms with Gasteiger partial charge in [0.2, 0.25) is 17.2 Å². The number of Topliss-reactive ketones (excluding diaryl/α,β-unsaturated/α-hetero) is 1. The molecule has 0 atom stereocenters. The molecule has 0 fully saturated rings. The van der Waals surface area contributed by atoms with Crippen LogP contribution >= 0.6 is 0 Å². The molecule has 1 aliphatic carbocycles. The van der Waals surface area contributed by atoms with Gasteiger partial charge < -0.3 is 9.67 Å². The molecule has 0 bridgehead atoms. The number of para-hydroxylation sites is 2. The zero-order valence-electron chi connectivity index (χ0n) is 25.5. The summed E-state index contributed by atoms with van der Waals surface area (Å²) >= 11 is 0. The number of fused-ring (bicyclic) bond motifs is 2. The standard InChI is InChI=1S/C36H16F12N2O2/c37-33(38,39)17-9-18(34(40,41)42)12-21(11-17)49-15-25(23-5-1-3-7-27(23)49)29-31(51)30(32(29)52)26-16-50(28-8-4-2-6-24(26)28)22-13-19(35(43,44)45)10-20(14-22)36(46,47)48/h1-16H/p+1. The molecule has 0 saturated heterocycles. The molecule has 1 aliphatic heterocycles. The molecule has 0 saturated carbocycles. The van der Waals surface area contributed by atoms with Crippen molar-refractivity contribution in [1.29, 1.82) is 0 Å². The van der Waals surface area contributed by atoms with Gasteiger partial charge in [0, 0.05) is 41.0 Å². The van der Waals surface area contributed by atoms with Crippen molar-refractivity contribution in [3.63, 3.8) is 0 Å². The third-order valence-corrected chi connectivity index (χ3v) is 8.59. The number of carbonyl (C=O) groups is 1. The van der Waals surface area contributed by atoms with E-state index in [0.29, 0.717) is 24.3 Å². The highest BCUT2D eigenvalue weighted by Crippen LogP contribution is 2.47. The topological polar surface area (TPSA) is 45.2 Å². The second-order valence-electron chi connectivity index (χ2n) is 11.8. The van der Waals surface area contributed by atoms with Crippen LogP contribution in [0.5, 0.6) is 0 Å². The lowest BCUT2D eigenvalue weighted by atomic mass is 9.80. The quantitative estimate of drug-likeness (QED) is 0.114. The summed E-state index contributed by atoms with van der Waals surface area (Å²) < 4.78 is 166. The van der Waals surface area contributed by atoms with Crippen LogP contribution in [0.2, 0.25) is 0 Å². The minimum atomic E-state index is -5.15. The van der Waals surface area contributed by atoms with E-state index in [1.54, 1.807) is 0 Å². The zero-order valence-corrected chi connectivity index (χ0v) is 25.5. The smallest absolute Gasteiger partial charge is 0.416 e. The van der Waals surface area contributed by atoms with E-state index < -0.39 is 69.9 Å². The molecule has 1 N–H and O–H groups in total. The molecular weight excluding hydrogens is 720 g/mol. The Morgan fingerprint density at radius 1 is 0.577 bits per heavy atom. The SMILES string of the molecule is O=C1C(=C2C=[N+](c3cc(C(F)(F)F)cc(C(F)(F)F)c3)c3ccccc32)C(O)=C1c1cn(-c2cc(C(F)(F)F)cc(C(F)(F)F)c2)c2ccccc12. The van der Waals surface area contributed by atoms with Crippen LogP contribution in [-0.4, -0.2) is 21.7 Å². The zero-order chi connectivity index (χ0) is 37.7. The Balaban J connectivity index is 1.41. The van der Waals surface area contributed by atoms with Crippen LogP contribution in [0.1, 0.15) is 33.4 Å². The summed E-state index contributed by atoms with van der Waals surface area (Å²) in [6, 6.07) is 13.3. The monoisotopic (exact) mass is 737 g/mol. The molecule has 16 heteroatoms. The van der Waals surface area contributed by atoms with E-state index in [1.165, 1.54) is 48.5 Å². The van der Waals surface area contributed by atoms with Gasteiger partial charge in [-0.2, -0.15) is 57.3 Å². The van der Waals surface area contributed by atoms with Crippen LogP contribution in [-0.2, 0) is 29.5 Å². The third-order valence-electron chi connectivity index (χ3n) is 8.59. The number of halogens is 12. The lowest BCUT2D eigenvalue weighted by Crippen LogP contribution is -2.23. The minimum Gasteiger partial charge on any atom is -0.506 e. The number of allylic oxidation sites excluding steroid dienone is 3. The number of alkyl halides is 12. The van der Waals surface area contributed by atoms with Gasteiger partial charge in [0.15, 0.2) is 6.21 Å². The lowest BCUT2D eigenvalue weighted by molar-refractivity contribution is -0.144. The highest BCUT2D eigenvalue weighted by Gasteiger charge is 2.44. The van der Waals surface area contributed by atoms with E-state index >= 15 is 0 Å². The third kappa shape index (κ3) is 5.71. The van der Waals surface area contributed by atoms with Crippen LogP contribution in [0.4, 0.5) is 64.1 Å². The molecule has 0 amide bonds. The minimum absolute atomic E-state index is 0.0408. The van der Waals surface area contributed by atoms with Crippen molar-refractivity contribution in [2.75, 3.05) is 0 Å². The highest BCUT2D eigenvalue weighted by atomic mass is 19.4. The fourth-order valence-corrected chi connectivity index (χ4v) is 6.24. The Labute approximate surface area is 283 Å². The maximum Gasteiger partial charge on any atom is 0.416 e. The largest absolute Gasteiger partial charge is 0.506 e. The first kappa shape index (κ1) is 34.6. The number of ketones is 1. The van der Waals surface area contributed by atoms with Crippen molar-refractivity contribution in [1.82, 2.24) is 9.14 Å². The summed E-state index contributed by atoms with van der Waals surface area (Å²) in [6.07, 6.45) is -18.4.